The van der Waals surface area contributed by atoms with E-state index in [1.165, 1.54) is 0 Å². The van der Waals surface area contributed by atoms with Crippen LogP contribution in [-0.2, 0) is 6.42 Å². The molecule has 16 heavy (non-hydrogen) atoms. The average molecular weight is 218 g/mol. The number of nitrogens with one attached hydrogen (secondary N) is 1. The number of aromatic amines is 1. The summed E-state index contributed by atoms with van der Waals surface area (Å²) in [5.41, 5.74) is 1.68. The highest BCUT2D eigenvalue weighted by Crippen LogP contribution is 2.28. The van der Waals surface area contributed by atoms with E-state index in [1.807, 2.05) is 24.3 Å². The number of nitro groups is 1. The van der Waals surface area contributed by atoms with Crippen molar-refractivity contribution < 1.29 is 4.92 Å². The van der Waals surface area contributed by atoms with Crippen LogP contribution in [0.2, 0.25) is 0 Å². The normalized spacial score (nSPS) is 10.8. The predicted molar refractivity (Wildman–Crippen MR) is 63.6 cm³/mol. The summed E-state index contributed by atoms with van der Waals surface area (Å²) in [5, 5.41) is 11.9. The van der Waals surface area contributed by atoms with E-state index in [-0.39, 0.29) is 10.7 Å². The van der Waals surface area contributed by atoms with E-state index in [1.54, 1.807) is 0 Å². The molecule has 4 heteroatoms. The first kappa shape index (κ1) is 10.7. The molecule has 4 nitrogen and oxygen atoms in total. The summed E-state index contributed by atoms with van der Waals surface area (Å²) in [5.74, 6) is 0.148. The molecule has 0 spiro atoms. The second-order valence-corrected chi connectivity index (χ2v) is 3.86. The number of nitrogens with zero attached hydrogens (tertiary/aromatic N) is 1. The number of H-pyrrole nitrogens is 1. The summed E-state index contributed by atoms with van der Waals surface area (Å²) in [6.07, 6.45) is 2.77. The number of aromatic nitrogens is 1. The minimum Gasteiger partial charge on any atom is -0.358 e. The molecule has 0 amide bonds. The van der Waals surface area contributed by atoms with Crippen molar-refractivity contribution >= 4 is 16.7 Å². The fourth-order valence-electron chi connectivity index (χ4n) is 1.95. The Morgan fingerprint density at radius 1 is 1.38 bits per heavy atom. The number of unbranched alkanes of at least 4 members (excludes halogenated alkanes) is 1. The molecule has 0 aliphatic heterocycles. The lowest BCUT2D eigenvalue weighted by atomic mass is 10.1. The van der Waals surface area contributed by atoms with Gasteiger partial charge in [0.1, 0.15) is 5.52 Å². The molecule has 0 radical (unpaired) electrons. The van der Waals surface area contributed by atoms with E-state index in [9.17, 15) is 10.1 Å². The Morgan fingerprint density at radius 2 is 2.12 bits per heavy atom. The molecule has 0 aliphatic carbocycles. The summed E-state index contributed by atoms with van der Waals surface area (Å²) in [4.78, 5) is 13.5. The second kappa shape index (κ2) is 4.35. The number of hydrogen-bond acceptors (Lipinski definition) is 2. The molecule has 0 saturated carbocycles. The van der Waals surface area contributed by atoms with Gasteiger partial charge in [0.25, 0.3) is 0 Å². The lowest BCUT2D eigenvalue weighted by Crippen LogP contribution is -1.93. The first-order valence-electron chi connectivity index (χ1n) is 5.48. The summed E-state index contributed by atoms with van der Waals surface area (Å²) < 4.78 is 0. The van der Waals surface area contributed by atoms with Crippen LogP contribution < -0.4 is 0 Å². The van der Waals surface area contributed by atoms with Crippen LogP contribution in [0.4, 0.5) is 5.82 Å². The number of para-hydroxylation sites is 1. The van der Waals surface area contributed by atoms with Crippen LogP contribution in [0.1, 0.15) is 25.3 Å². The number of benzene rings is 1. The van der Waals surface area contributed by atoms with Gasteiger partial charge in [-0.3, -0.25) is 0 Å². The maximum Gasteiger partial charge on any atom is 0.325 e. The average Bonchev–Trinajstić information content (AvgIpc) is 2.65. The highest BCUT2D eigenvalue weighted by Gasteiger charge is 2.18. The summed E-state index contributed by atoms with van der Waals surface area (Å²) in [6.45, 7) is 2.08. The standard InChI is InChI=1S/C12H14N2O2/c1-2-3-6-10-9-7-4-5-8-11(9)13-12(10)14(15)16/h4-5,7-8,13H,2-3,6H2,1H3. The summed E-state index contributed by atoms with van der Waals surface area (Å²) in [6, 6.07) is 7.60. The number of rotatable bonds is 4. The van der Waals surface area contributed by atoms with Gasteiger partial charge >= 0.3 is 5.82 Å². The van der Waals surface area contributed by atoms with Gasteiger partial charge in [-0.1, -0.05) is 31.5 Å². The van der Waals surface area contributed by atoms with Crippen molar-refractivity contribution in [1.29, 1.82) is 0 Å². The summed E-state index contributed by atoms with van der Waals surface area (Å²) >= 11 is 0. The van der Waals surface area contributed by atoms with E-state index >= 15 is 0 Å². The van der Waals surface area contributed by atoms with Gasteiger partial charge < -0.3 is 10.1 Å². The maximum absolute atomic E-state index is 10.9. The van der Waals surface area contributed by atoms with Gasteiger partial charge in [-0.25, -0.2) is 4.98 Å². The quantitative estimate of drug-likeness (QED) is 0.631. The smallest absolute Gasteiger partial charge is 0.325 e. The van der Waals surface area contributed by atoms with Crippen molar-refractivity contribution in [2.45, 2.75) is 26.2 Å². The summed E-state index contributed by atoms with van der Waals surface area (Å²) in [7, 11) is 0. The van der Waals surface area contributed by atoms with Crippen LogP contribution >= 0.6 is 0 Å². The van der Waals surface area contributed by atoms with Gasteiger partial charge in [0, 0.05) is 5.39 Å². The molecular formula is C12H14N2O2. The van der Waals surface area contributed by atoms with Crippen LogP contribution in [0.25, 0.3) is 10.9 Å². The third-order valence-corrected chi connectivity index (χ3v) is 2.75. The molecule has 1 heterocycles. The molecule has 0 saturated heterocycles. The molecule has 0 unspecified atom stereocenters. The molecule has 1 aromatic carbocycles. The van der Waals surface area contributed by atoms with Crippen molar-refractivity contribution in [3.63, 3.8) is 0 Å². The molecule has 0 fully saturated rings. The number of fused-ring (bicyclic) bond motifs is 1. The second-order valence-electron chi connectivity index (χ2n) is 3.86. The Hall–Kier alpha value is -1.84. The maximum atomic E-state index is 10.9. The van der Waals surface area contributed by atoms with Crippen LogP contribution in [0.3, 0.4) is 0 Å². The van der Waals surface area contributed by atoms with Crippen molar-refractivity contribution in [3.8, 4) is 0 Å². The lowest BCUT2D eigenvalue weighted by Gasteiger charge is -1.98. The molecule has 2 rings (SSSR count). The Morgan fingerprint density at radius 3 is 2.81 bits per heavy atom. The topological polar surface area (TPSA) is 58.9 Å². The van der Waals surface area contributed by atoms with E-state index in [0.717, 1.165) is 35.7 Å². The SMILES string of the molecule is CCCCc1c([N+](=O)[O-])[nH]c2ccccc12. The zero-order valence-corrected chi connectivity index (χ0v) is 9.19. The minimum absolute atomic E-state index is 0.148. The first-order valence-corrected chi connectivity index (χ1v) is 5.48. The molecule has 2 aromatic rings. The van der Waals surface area contributed by atoms with E-state index < -0.39 is 0 Å². The van der Waals surface area contributed by atoms with Gasteiger partial charge in [-0.15, -0.1) is 0 Å². The highest BCUT2D eigenvalue weighted by molar-refractivity contribution is 5.87. The minimum atomic E-state index is -0.328. The van der Waals surface area contributed by atoms with Gasteiger partial charge in [0.2, 0.25) is 0 Å². The largest absolute Gasteiger partial charge is 0.358 e. The number of hydrogen-bond donors (Lipinski definition) is 1. The van der Waals surface area contributed by atoms with Gasteiger partial charge in [0.05, 0.1) is 5.56 Å². The van der Waals surface area contributed by atoms with Crippen LogP contribution in [-0.4, -0.2) is 9.91 Å². The van der Waals surface area contributed by atoms with E-state index in [4.69, 9.17) is 0 Å². The van der Waals surface area contributed by atoms with Gasteiger partial charge in [-0.2, -0.15) is 0 Å². The fraction of sp³-hybridized carbons (Fsp3) is 0.333. The van der Waals surface area contributed by atoms with Gasteiger partial charge in [0.15, 0.2) is 0 Å². The Bertz CT molecular complexity index is 517. The van der Waals surface area contributed by atoms with Crippen LogP contribution in [0.5, 0.6) is 0 Å². The lowest BCUT2D eigenvalue weighted by molar-refractivity contribution is -0.389. The fourth-order valence-corrected chi connectivity index (χ4v) is 1.95. The zero-order chi connectivity index (χ0) is 11.5. The Kier molecular flexibility index (Phi) is 2.90. The first-order chi connectivity index (χ1) is 7.74. The van der Waals surface area contributed by atoms with Crippen LogP contribution in [0.15, 0.2) is 24.3 Å². The molecule has 1 aromatic heterocycles. The van der Waals surface area contributed by atoms with Crippen molar-refractivity contribution in [2.24, 2.45) is 0 Å². The Balaban J connectivity index is 2.55. The third kappa shape index (κ3) is 1.78. The molecule has 0 aliphatic rings. The van der Waals surface area contributed by atoms with Crippen LogP contribution in [0, 0.1) is 10.1 Å². The van der Waals surface area contributed by atoms with Crippen molar-refractivity contribution in [2.75, 3.05) is 0 Å². The third-order valence-electron chi connectivity index (χ3n) is 2.75. The van der Waals surface area contributed by atoms with Crippen molar-refractivity contribution in [3.05, 3.63) is 39.9 Å². The molecule has 1 N–H and O–H groups in total. The Labute approximate surface area is 93.4 Å². The molecule has 84 valence electrons. The monoisotopic (exact) mass is 218 g/mol. The highest BCUT2D eigenvalue weighted by atomic mass is 16.6. The number of aryl methyl sites for hydroxylation is 1. The van der Waals surface area contributed by atoms with E-state index in [2.05, 4.69) is 11.9 Å². The van der Waals surface area contributed by atoms with E-state index in [0.29, 0.717) is 0 Å². The van der Waals surface area contributed by atoms with Gasteiger partial charge in [-0.05, 0) is 23.8 Å². The predicted octanol–water partition coefficient (Wildman–Crippen LogP) is 3.42. The zero-order valence-electron chi connectivity index (χ0n) is 9.19. The molecular weight excluding hydrogens is 204 g/mol. The molecule has 0 bridgehead atoms. The van der Waals surface area contributed by atoms with Crippen molar-refractivity contribution in [1.82, 2.24) is 4.98 Å². The molecule has 0 atom stereocenters.